The number of anilines is 3. The predicted molar refractivity (Wildman–Crippen MR) is 77.4 cm³/mol. The standard InChI is InChI=1S/C13H13ClN2S/c1-17-13-5-3-2-4-12(13)16-11-7-6-9(14)8-10(11)15/h2-8,16H,15H2,1H3. The Kier molecular flexibility index (Phi) is 3.82. The second-order valence-corrected chi connectivity index (χ2v) is 4.84. The van der Waals surface area contributed by atoms with Crippen molar-refractivity contribution in [2.24, 2.45) is 0 Å². The molecule has 0 heterocycles. The highest BCUT2D eigenvalue weighted by molar-refractivity contribution is 7.98. The summed E-state index contributed by atoms with van der Waals surface area (Å²) >= 11 is 7.56. The van der Waals surface area contributed by atoms with Crippen molar-refractivity contribution in [3.63, 3.8) is 0 Å². The summed E-state index contributed by atoms with van der Waals surface area (Å²) in [6.07, 6.45) is 2.05. The number of nitrogens with one attached hydrogen (secondary N) is 1. The van der Waals surface area contributed by atoms with E-state index in [1.54, 1.807) is 17.8 Å². The van der Waals surface area contributed by atoms with Gasteiger partial charge in [0.05, 0.1) is 17.1 Å². The lowest BCUT2D eigenvalue weighted by molar-refractivity contribution is 1.42. The first-order valence-corrected chi connectivity index (χ1v) is 6.76. The van der Waals surface area contributed by atoms with Gasteiger partial charge in [0, 0.05) is 9.92 Å². The number of rotatable bonds is 3. The van der Waals surface area contributed by atoms with Crippen LogP contribution in [0.2, 0.25) is 5.02 Å². The van der Waals surface area contributed by atoms with Crippen LogP contribution in [-0.4, -0.2) is 6.26 Å². The molecule has 0 atom stereocenters. The average molecular weight is 265 g/mol. The van der Waals surface area contributed by atoms with Crippen molar-refractivity contribution in [1.29, 1.82) is 0 Å². The predicted octanol–water partition coefficient (Wildman–Crippen LogP) is 4.39. The molecule has 2 aromatic carbocycles. The molecule has 0 aliphatic carbocycles. The molecule has 0 saturated carbocycles. The summed E-state index contributed by atoms with van der Waals surface area (Å²) in [6.45, 7) is 0. The zero-order valence-electron chi connectivity index (χ0n) is 9.41. The zero-order valence-corrected chi connectivity index (χ0v) is 11.0. The van der Waals surface area contributed by atoms with E-state index in [-0.39, 0.29) is 0 Å². The molecule has 2 aromatic rings. The molecule has 0 bridgehead atoms. The summed E-state index contributed by atoms with van der Waals surface area (Å²) in [5.41, 5.74) is 8.47. The molecule has 0 aliphatic heterocycles. The van der Waals surface area contributed by atoms with Crippen LogP contribution < -0.4 is 11.1 Å². The van der Waals surface area contributed by atoms with Crippen LogP contribution in [0.25, 0.3) is 0 Å². The molecule has 88 valence electrons. The lowest BCUT2D eigenvalue weighted by Gasteiger charge is -2.12. The number of hydrogen-bond acceptors (Lipinski definition) is 3. The minimum Gasteiger partial charge on any atom is -0.397 e. The molecule has 3 N–H and O–H groups in total. The van der Waals surface area contributed by atoms with Gasteiger partial charge in [-0.05, 0) is 36.6 Å². The average Bonchev–Trinajstić information content (AvgIpc) is 2.33. The largest absolute Gasteiger partial charge is 0.397 e. The Balaban J connectivity index is 2.31. The number of benzene rings is 2. The number of para-hydroxylation sites is 1. The van der Waals surface area contributed by atoms with Crippen molar-refractivity contribution in [3.8, 4) is 0 Å². The monoisotopic (exact) mass is 264 g/mol. The van der Waals surface area contributed by atoms with Crippen LogP contribution in [0, 0.1) is 0 Å². The van der Waals surface area contributed by atoms with Gasteiger partial charge in [-0.15, -0.1) is 11.8 Å². The fraction of sp³-hybridized carbons (Fsp3) is 0.0769. The molecule has 0 saturated heterocycles. The van der Waals surface area contributed by atoms with Crippen molar-refractivity contribution >= 4 is 40.4 Å². The van der Waals surface area contributed by atoms with Gasteiger partial charge < -0.3 is 11.1 Å². The minimum absolute atomic E-state index is 0.645. The minimum atomic E-state index is 0.645. The molecule has 2 nitrogen and oxygen atoms in total. The van der Waals surface area contributed by atoms with E-state index in [1.165, 1.54) is 4.90 Å². The quantitative estimate of drug-likeness (QED) is 0.638. The van der Waals surface area contributed by atoms with Crippen LogP contribution in [0.1, 0.15) is 0 Å². The summed E-state index contributed by atoms with van der Waals surface area (Å²) < 4.78 is 0. The van der Waals surface area contributed by atoms with Crippen molar-refractivity contribution in [3.05, 3.63) is 47.5 Å². The number of thioether (sulfide) groups is 1. The third-order valence-electron chi connectivity index (χ3n) is 2.39. The Hall–Kier alpha value is -1.32. The van der Waals surface area contributed by atoms with E-state index in [4.69, 9.17) is 17.3 Å². The number of nitrogens with two attached hydrogens (primary N) is 1. The van der Waals surface area contributed by atoms with Crippen molar-refractivity contribution in [2.75, 3.05) is 17.3 Å². The van der Waals surface area contributed by atoms with Gasteiger partial charge >= 0.3 is 0 Å². The van der Waals surface area contributed by atoms with Gasteiger partial charge in [0.25, 0.3) is 0 Å². The Morgan fingerprint density at radius 3 is 2.59 bits per heavy atom. The second kappa shape index (κ2) is 5.34. The molecule has 0 aliphatic rings. The van der Waals surface area contributed by atoms with E-state index in [1.807, 2.05) is 36.6 Å². The van der Waals surface area contributed by atoms with Gasteiger partial charge in [-0.2, -0.15) is 0 Å². The summed E-state index contributed by atoms with van der Waals surface area (Å²) in [5.74, 6) is 0. The highest BCUT2D eigenvalue weighted by Gasteiger charge is 2.03. The smallest absolute Gasteiger partial charge is 0.0619 e. The molecule has 0 spiro atoms. The highest BCUT2D eigenvalue weighted by Crippen LogP contribution is 2.31. The van der Waals surface area contributed by atoms with Crippen molar-refractivity contribution < 1.29 is 0 Å². The number of halogens is 1. The molecular formula is C13H13ClN2S. The van der Waals surface area contributed by atoms with Crippen LogP contribution >= 0.6 is 23.4 Å². The first-order chi connectivity index (χ1) is 8.20. The molecule has 0 aromatic heterocycles. The van der Waals surface area contributed by atoms with Gasteiger partial charge in [-0.25, -0.2) is 0 Å². The Morgan fingerprint density at radius 1 is 1.12 bits per heavy atom. The van der Waals surface area contributed by atoms with Crippen LogP contribution in [0.5, 0.6) is 0 Å². The zero-order chi connectivity index (χ0) is 12.3. The van der Waals surface area contributed by atoms with Crippen LogP contribution in [-0.2, 0) is 0 Å². The molecular weight excluding hydrogens is 252 g/mol. The van der Waals surface area contributed by atoms with Crippen LogP contribution in [0.3, 0.4) is 0 Å². The van der Waals surface area contributed by atoms with Gasteiger partial charge in [0.1, 0.15) is 0 Å². The van der Waals surface area contributed by atoms with E-state index in [9.17, 15) is 0 Å². The maximum Gasteiger partial charge on any atom is 0.0619 e. The van der Waals surface area contributed by atoms with E-state index in [0.29, 0.717) is 10.7 Å². The van der Waals surface area contributed by atoms with E-state index < -0.39 is 0 Å². The molecule has 4 heteroatoms. The summed E-state index contributed by atoms with van der Waals surface area (Å²) in [7, 11) is 0. The summed E-state index contributed by atoms with van der Waals surface area (Å²) in [4.78, 5) is 1.18. The molecule has 0 radical (unpaired) electrons. The van der Waals surface area contributed by atoms with Crippen molar-refractivity contribution in [2.45, 2.75) is 4.90 Å². The van der Waals surface area contributed by atoms with E-state index in [2.05, 4.69) is 11.4 Å². The van der Waals surface area contributed by atoms with Gasteiger partial charge in [0.2, 0.25) is 0 Å². The van der Waals surface area contributed by atoms with Crippen molar-refractivity contribution in [1.82, 2.24) is 0 Å². The normalized spacial score (nSPS) is 10.2. The second-order valence-electron chi connectivity index (χ2n) is 3.56. The van der Waals surface area contributed by atoms with Crippen LogP contribution in [0.4, 0.5) is 17.1 Å². The lowest BCUT2D eigenvalue weighted by atomic mass is 10.2. The summed E-state index contributed by atoms with van der Waals surface area (Å²) in [6, 6.07) is 13.6. The Labute approximate surface area is 110 Å². The molecule has 0 amide bonds. The lowest BCUT2D eigenvalue weighted by Crippen LogP contribution is -1.97. The number of hydrogen-bond donors (Lipinski definition) is 2. The highest BCUT2D eigenvalue weighted by atomic mass is 35.5. The van der Waals surface area contributed by atoms with Gasteiger partial charge in [-0.1, -0.05) is 23.7 Å². The first kappa shape index (κ1) is 12.1. The maximum absolute atomic E-state index is 5.91. The topological polar surface area (TPSA) is 38.0 Å². The molecule has 0 fully saturated rings. The SMILES string of the molecule is CSc1ccccc1Nc1ccc(Cl)cc1N. The third kappa shape index (κ3) is 2.87. The fourth-order valence-electron chi connectivity index (χ4n) is 1.54. The maximum atomic E-state index is 5.91. The first-order valence-electron chi connectivity index (χ1n) is 5.16. The Bertz CT molecular complexity index is 529. The number of nitrogen functional groups attached to an aromatic ring is 1. The molecule has 2 rings (SSSR count). The van der Waals surface area contributed by atoms with Crippen LogP contribution in [0.15, 0.2) is 47.4 Å². The molecule has 17 heavy (non-hydrogen) atoms. The summed E-state index contributed by atoms with van der Waals surface area (Å²) in [5, 5.41) is 3.96. The molecule has 0 unspecified atom stereocenters. The van der Waals surface area contributed by atoms with Gasteiger partial charge in [-0.3, -0.25) is 0 Å². The Morgan fingerprint density at radius 2 is 1.88 bits per heavy atom. The van der Waals surface area contributed by atoms with Gasteiger partial charge in [0.15, 0.2) is 0 Å². The fourth-order valence-corrected chi connectivity index (χ4v) is 2.27. The third-order valence-corrected chi connectivity index (χ3v) is 3.42. The van der Waals surface area contributed by atoms with E-state index >= 15 is 0 Å². The van der Waals surface area contributed by atoms with E-state index in [0.717, 1.165) is 11.4 Å².